The Morgan fingerprint density at radius 2 is 1.19 bits per heavy atom. The molecule has 0 aromatic carbocycles. The monoisotopic (exact) mass is 434 g/mol. The quantitative estimate of drug-likeness (QED) is 0.428. The van der Waals surface area contributed by atoms with Gasteiger partial charge in [0.1, 0.15) is 8.67 Å². The summed E-state index contributed by atoms with van der Waals surface area (Å²) in [6, 6.07) is 0. The van der Waals surface area contributed by atoms with E-state index in [-0.39, 0.29) is 10.5 Å². The summed E-state index contributed by atoms with van der Waals surface area (Å²) >= 11 is 31.9. The van der Waals surface area contributed by atoms with Crippen LogP contribution in [0.5, 0.6) is 0 Å². The molecule has 0 spiro atoms. The molecule has 2 aliphatic rings. The average Bonchev–Trinajstić information content (AvgIpc) is 2.31. The normalized spacial score (nSPS) is 34.4. The fourth-order valence-corrected chi connectivity index (χ4v) is 14.3. The van der Waals surface area contributed by atoms with Gasteiger partial charge in [-0.05, 0) is 36.9 Å². The summed E-state index contributed by atoms with van der Waals surface area (Å²) in [7, 11) is -0.994. The highest BCUT2D eigenvalue weighted by atomic mass is 35.7. The third-order valence-electron chi connectivity index (χ3n) is 4.25. The molecule has 0 aromatic heterocycles. The molecule has 2 unspecified atom stereocenters. The highest BCUT2D eigenvalue weighted by molar-refractivity contribution is 8.38. The first-order valence-corrected chi connectivity index (χ1v) is 13.1. The smallest absolute Gasteiger partial charge is 0.236 e. The Hall–Kier alpha value is 2.15. The Labute approximate surface area is 153 Å². The van der Waals surface area contributed by atoms with Crippen molar-refractivity contribution in [3.8, 4) is 0 Å². The van der Waals surface area contributed by atoms with Crippen molar-refractivity contribution in [3.05, 3.63) is 0 Å². The molecule has 0 amide bonds. The molecule has 2 fully saturated rings. The summed E-state index contributed by atoms with van der Waals surface area (Å²) in [6.07, 6.45) is 6.49. The van der Waals surface area contributed by atoms with E-state index < -0.39 is 24.6 Å². The minimum atomic E-state index is -3.66. The lowest BCUT2D eigenvalue weighted by molar-refractivity contribution is 0.462. The second-order valence-electron chi connectivity index (χ2n) is 5.81. The van der Waals surface area contributed by atoms with Crippen LogP contribution in [0.3, 0.4) is 0 Å². The van der Waals surface area contributed by atoms with E-state index in [1.807, 2.05) is 0 Å². The van der Waals surface area contributed by atoms with E-state index in [9.17, 15) is 9.79 Å². The lowest BCUT2D eigenvalue weighted by Gasteiger charge is -2.45. The first-order chi connectivity index (χ1) is 9.56. The molecule has 2 N–H and O–H groups in total. The van der Waals surface area contributed by atoms with Crippen LogP contribution in [0.4, 0.5) is 0 Å². The van der Waals surface area contributed by atoms with E-state index in [4.69, 9.17) is 57.6 Å². The Bertz CT molecular complexity index is 413. The van der Waals surface area contributed by atoms with Crippen molar-refractivity contribution in [1.82, 2.24) is 0 Å². The van der Waals surface area contributed by atoms with Gasteiger partial charge in [0.05, 0.1) is 0 Å². The highest BCUT2D eigenvalue weighted by Gasteiger charge is 2.49. The molecular weight excluding hydrogens is 416 g/mol. The SMILES string of the molecule is OP(O)(Cl)=S(C1CCCCC1(Cl)Cl)C1CCCCC1(Cl)Cl. The van der Waals surface area contributed by atoms with E-state index in [0.29, 0.717) is 12.8 Å². The van der Waals surface area contributed by atoms with Gasteiger partial charge >= 0.3 is 0 Å². The van der Waals surface area contributed by atoms with Crippen molar-refractivity contribution >= 4 is 73.6 Å². The van der Waals surface area contributed by atoms with Crippen molar-refractivity contribution in [2.24, 2.45) is 0 Å². The van der Waals surface area contributed by atoms with Crippen molar-refractivity contribution in [2.45, 2.75) is 70.5 Å². The van der Waals surface area contributed by atoms with Gasteiger partial charge in [-0.1, -0.05) is 25.7 Å². The Morgan fingerprint density at radius 1 is 0.810 bits per heavy atom. The first kappa shape index (κ1) is 19.5. The highest BCUT2D eigenvalue weighted by Crippen LogP contribution is 2.58. The largest absolute Gasteiger partial charge is 0.338 e. The molecule has 0 saturated heterocycles. The van der Waals surface area contributed by atoms with Gasteiger partial charge in [-0.25, -0.2) is 0 Å². The predicted octanol–water partition coefficient (Wildman–Crippen LogP) is 5.74. The van der Waals surface area contributed by atoms with Gasteiger partial charge < -0.3 is 9.79 Å². The van der Waals surface area contributed by atoms with Crippen molar-refractivity contribution in [2.75, 3.05) is 0 Å². The molecule has 0 aliphatic heterocycles. The molecule has 0 radical (unpaired) electrons. The maximum atomic E-state index is 10.3. The number of hydrogen-bond donors (Lipinski definition) is 2. The summed E-state index contributed by atoms with van der Waals surface area (Å²) < 4.78 is -1.98. The van der Waals surface area contributed by atoms with Crippen molar-refractivity contribution < 1.29 is 9.79 Å². The fraction of sp³-hybridized carbons (Fsp3) is 1.00. The average molecular weight is 437 g/mol. The van der Waals surface area contributed by atoms with E-state index in [2.05, 4.69) is 0 Å². The van der Waals surface area contributed by atoms with Gasteiger partial charge in [0, 0.05) is 10.5 Å². The van der Waals surface area contributed by atoms with Gasteiger partial charge in [0.25, 0.3) is 0 Å². The number of rotatable bonds is 2. The molecule has 21 heavy (non-hydrogen) atoms. The van der Waals surface area contributed by atoms with Crippen molar-refractivity contribution in [3.63, 3.8) is 0 Å². The molecule has 126 valence electrons. The molecule has 0 heterocycles. The topological polar surface area (TPSA) is 40.5 Å². The summed E-state index contributed by atoms with van der Waals surface area (Å²) in [5.41, 5.74) is 0. The molecule has 2 atom stereocenters. The number of hydrogen-bond acceptors (Lipinski definition) is 0. The molecule has 0 aromatic rings. The lowest BCUT2D eigenvalue weighted by Crippen LogP contribution is -2.47. The van der Waals surface area contributed by atoms with Crippen LogP contribution in [-0.4, -0.2) is 29.0 Å². The van der Waals surface area contributed by atoms with E-state index >= 15 is 0 Å². The van der Waals surface area contributed by atoms with E-state index in [1.165, 1.54) is 0 Å². The van der Waals surface area contributed by atoms with Gasteiger partial charge in [0.2, 0.25) is 5.84 Å². The third kappa shape index (κ3) is 4.61. The summed E-state index contributed by atoms with van der Waals surface area (Å²) in [4.78, 5) is 20.5. The molecule has 2 aliphatic carbocycles. The lowest BCUT2D eigenvalue weighted by atomic mass is 9.98. The van der Waals surface area contributed by atoms with Crippen molar-refractivity contribution in [1.29, 1.82) is 0 Å². The van der Waals surface area contributed by atoms with Gasteiger partial charge in [0.15, 0.2) is 0 Å². The Morgan fingerprint density at radius 3 is 1.48 bits per heavy atom. The first-order valence-electron chi connectivity index (χ1n) is 7.08. The van der Waals surface area contributed by atoms with Crippen LogP contribution in [0.25, 0.3) is 0 Å². The van der Waals surface area contributed by atoms with Crippen LogP contribution < -0.4 is 0 Å². The number of halogens is 5. The Balaban J connectivity index is 2.46. The zero-order chi connectivity index (χ0) is 15.9. The summed E-state index contributed by atoms with van der Waals surface area (Å²) in [6.45, 7) is 0. The molecular formula is C12H20Cl5O2PS. The molecule has 2 nitrogen and oxygen atoms in total. The Kier molecular flexibility index (Phi) is 6.66. The van der Waals surface area contributed by atoms with Crippen LogP contribution in [0, 0.1) is 0 Å². The predicted molar refractivity (Wildman–Crippen MR) is 98.0 cm³/mol. The van der Waals surface area contributed by atoms with Crippen LogP contribution in [0.1, 0.15) is 51.4 Å². The van der Waals surface area contributed by atoms with Crippen LogP contribution in [0.15, 0.2) is 0 Å². The molecule has 9 heteroatoms. The zero-order valence-corrected chi connectivity index (χ0v) is 16.9. The second kappa shape index (κ2) is 7.18. The van der Waals surface area contributed by atoms with Gasteiger partial charge in [-0.3, -0.25) is 0 Å². The molecule has 0 bridgehead atoms. The minimum absolute atomic E-state index is 0.268. The third-order valence-corrected chi connectivity index (χ3v) is 14.1. The fourth-order valence-electron chi connectivity index (χ4n) is 3.24. The maximum absolute atomic E-state index is 10.3. The van der Waals surface area contributed by atoms with Gasteiger partial charge in [-0.2, -0.15) is 0 Å². The van der Waals surface area contributed by atoms with E-state index in [1.54, 1.807) is 0 Å². The zero-order valence-electron chi connectivity index (χ0n) is 11.5. The molecule has 2 rings (SSSR count). The van der Waals surface area contributed by atoms with E-state index in [0.717, 1.165) is 38.5 Å². The number of alkyl halides is 4. The standard InChI is InChI=1S/C12H20Cl5O2PS/c13-11(14)7-3-1-5-9(11)21(20(17,18)19)10-6-2-4-8-12(10,15)16/h9-10,18-19H,1-8H2. The van der Waals surface area contributed by atoms with Crippen LogP contribution in [-0.2, 0) is 10.1 Å². The summed E-state index contributed by atoms with van der Waals surface area (Å²) in [5, 5.41) is -0.536. The van der Waals surface area contributed by atoms with Gasteiger partial charge in [-0.15, -0.1) is 56.5 Å². The maximum Gasteiger partial charge on any atom is 0.236 e. The minimum Gasteiger partial charge on any atom is -0.338 e. The second-order valence-corrected chi connectivity index (χ2v) is 16.5. The van der Waals surface area contributed by atoms with Crippen LogP contribution >= 0.6 is 63.5 Å². The van der Waals surface area contributed by atoms with Crippen LogP contribution in [0.2, 0.25) is 0 Å². The molecule has 2 saturated carbocycles. The summed E-state index contributed by atoms with van der Waals surface area (Å²) in [5.74, 6) is -3.66.